The number of carbonyl (C=O) groups excluding carboxylic acids is 1. The van der Waals surface area contributed by atoms with Crippen molar-refractivity contribution in [3.63, 3.8) is 0 Å². The van der Waals surface area contributed by atoms with E-state index in [-0.39, 0.29) is 11.6 Å². The van der Waals surface area contributed by atoms with Crippen LogP contribution in [0.15, 0.2) is 53.2 Å². The standard InChI is InChI=1S/C19H17NO5/c1-22-14-6-4-12(5-7-14)8-17-19(21)25-18(20-17)13-9-15(23-2)11-16(10-13)24-3/h4-11H,1-3H3. The first-order valence-corrected chi connectivity index (χ1v) is 7.53. The smallest absolute Gasteiger partial charge is 0.363 e. The Morgan fingerprint density at radius 1 is 0.880 bits per heavy atom. The van der Waals surface area contributed by atoms with Crippen LogP contribution in [0, 0.1) is 0 Å². The van der Waals surface area contributed by atoms with Crippen molar-refractivity contribution >= 4 is 17.9 Å². The van der Waals surface area contributed by atoms with E-state index in [4.69, 9.17) is 18.9 Å². The number of hydrogen-bond acceptors (Lipinski definition) is 6. The van der Waals surface area contributed by atoms with Crippen molar-refractivity contribution < 1.29 is 23.7 Å². The van der Waals surface area contributed by atoms with Gasteiger partial charge in [0.05, 0.1) is 21.3 Å². The van der Waals surface area contributed by atoms with Crippen LogP contribution in [-0.2, 0) is 9.53 Å². The van der Waals surface area contributed by atoms with E-state index >= 15 is 0 Å². The third-order valence-electron chi connectivity index (χ3n) is 3.64. The summed E-state index contributed by atoms with van der Waals surface area (Å²) in [6.07, 6.45) is 1.66. The number of cyclic esters (lactones) is 1. The zero-order valence-corrected chi connectivity index (χ0v) is 14.1. The molecule has 25 heavy (non-hydrogen) atoms. The van der Waals surface area contributed by atoms with Crippen molar-refractivity contribution in [3.8, 4) is 17.2 Å². The quantitative estimate of drug-likeness (QED) is 0.619. The number of benzene rings is 2. The monoisotopic (exact) mass is 339 g/mol. The van der Waals surface area contributed by atoms with Gasteiger partial charge in [-0.2, -0.15) is 0 Å². The Labute approximate surface area is 145 Å². The summed E-state index contributed by atoms with van der Waals surface area (Å²) in [5, 5.41) is 0. The van der Waals surface area contributed by atoms with E-state index in [1.165, 1.54) is 0 Å². The van der Waals surface area contributed by atoms with Crippen LogP contribution >= 0.6 is 0 Å². The predicted octanol–water partition coefficient (Wildman–Crippen LogP) is 3.06. The Kier molecular flexibility index (Phi) is 4.70. The molecule has 0 aliphatic carbocycles. The lowest BCUT2D eigenvalue weighted by molar-refractivity contribution is -0.129. The Hall–Kier alpha value is -3.28. The molecule has 0 radical (unpaired) electrons. The summed E-state index contributed by atoms with van der Waals surface area (Å²) in [5.41, 5.74) is 1.64. The number of hydrogen-bond donors (Lipinski definition) is 0. The first kappa shape index (κ1) is 16.6. The number of aliphatic imine (C=N–C) groups is 1. The molecule has 1 heterocycles. The fourth-order valence-corrected chi connectivity index (χ4v) is 2.32. The molecule has 0 atom stereocenters. The van der Waals surface area contributed by atoms with Crippen LogP contribution in [0.2, 0.25) is 0 Å². The fourth-order valence-electron chi connectivity index (χ4n) is 2.32. The molecule has 6 heteroatoms. The van der Waals surface area contributed by atoms with Crippen molar-refractivity contribution in [2.75, 3.05) is 21.3 Å². The minimum atomic E-state index is -0.507. The molecule has 1 aliphatic rings. The zero-order chi connectivity index (χ0) is 17.8. The van der Waals surface area contributed by atoms with Crippen LogP contribution < -0.4 is 14.2 Å². The predicted molar refractivity (Wildman–Crippen MR) is 93.1 cm³/mol. The highest BCUT2D eigenvalue weighted by Crippen LogP contribution is 2.26. The van der Waals surface area contributed by atoms with Gasteiger partial charge in [-0.15, -0.1) is 0 Å². The summed E-state index contributed by atoms with van der Waals surface area (Å²) in [6.45, 7) is 0. The van der Waals surface area contributed by atoms with Gasteiger partial charge in [0.2, 0.25) is 5.90 Å². The van der Waals surface area contributed by atoms with E-state index in [2.05, 4.69) is 4.99 Å². The minimum Gasteiger partial charge on any atom is -0.497 e. The third-order valence-corrected chi connectivity index (χ3v) is 3.64. The molecule has 0 fully saturated rings. The highest BCUT2D eigenvalue weighted by molar-refractivity contribution is 6.13. The number of ether oxygens (including phenoxy) is 4. The summed E-state index contributed by atoms with van der Waals surface area (Å²) in [6, 6.07) is 12.5. The summed E-state index contributed by atoms with van der Waals surface area (Å²) in [4.78, 5) is 16.4. The Balaban J connectivity index is 1.93. The number of methoxy groups -OCH3 is 3. The van der Waals surface area contributed by atoms with Crippen molar-refractivity contribution in [1.82, 2.24) is 0 Å². The van der Waals surface area contributed by atoms with Crippen molar-refractivity contribution in [1.29, 1.82) is 0 Å². The Morgan fingerprint density at radius 2 is 1.48 bits per heavy atom. The van der Waals surface area contributed by atoms with Crippen LogP contribution in [0.3, 0.4) is 0 Å². The van der Waals surface area contributed by atoms with Gasteiger partial charge in [0.25, 0.3) is 0 Å². The maximum absolute atomic E-state index is 12.1. The molecule has 0 spiro atoms. The maximum atomic E-state index is 12.1. The summed E-state index contributed by atoms with van der Waals surface area (Å²) in [7, 11) is 4.70. The van der Waals surface area contributed by atoms with E-state index < -0.39 is 5.97 Å². The molecular weight excluding hydrogens is 322 g/mol. The number of esters is 1. The lowest BCUT2D eigenvalue weighted by Gasteiger charge is -2.07. The van der Waals surface area contributed by atoms with Gasteiger partial charge >= 0.3 is 5.97 Å². The van der Waals surface area contributed by atoms with Crippen molar-refractivity contribution in [2.45, 2.75) is 0 Å². The second kappa shape index (κ2) is 7.09. The topological polar surface area (TPSA) is 66.3 Å². The largest absolute Gasteiger partial charge is 0.497 e. The van der Waals surface area contributed by atoms with Gasteiger partial charge in [-0.1, -0.05) is 12.1 Å². The highest BCUT2D eigenvalue weighted by Gasteiger charge is 2.25. The molecule has 0 saturated carbocycles. The minimum absolute atomic E-state index is 0.210. The Morgan fingerprint density at radius 3 is 2.04 bits per heavy atom. The molecule has 0 amide bonds. The summed E-state index contributed by atoms with van der Waals surface area (Å²) in [5.74, 6) is 1.61. The second-order valence-electron chi connectivity index (χ2n) is 5.21. The molecule has 1 aliphatic heterocycles. The van der Waals surface area contributed by atoms with Gasteiger partial charge in [-0.05, 0) is 35.9 Å². The molecule has 0 bridgehead atoms. The van der Waals surface area contributed by atoms with Gasteiger partial charge in [-0.3, -0.25) is 0 Å². The van der Waals surface area contributed by atoms with E-state index in [1.54, 1.807) is 45.6 Å². The normalized spacial score (nSPS) is 14.9. The summed E-state index contributed by atoms with van der Waals surface area (Å²) >= 11 is 0. The first-order chi connectivity index (χ1) is 12.1. The van der Waals surface area contributed by atoms with Gasteiger partial charge < -0.3 is 18.9 Å². The van der Waals surface area contributed by atoms with Crippen LogP contribution in [0.1, 0.15) is 11.1 Å². The average molecular weight is 339 g/mol. The van der Waals surface area contributed by atoms with Gasteiger partial charge in [-0.25, -0.2) is 9.79 Å². The van der Waals surface area contributed by atoms with Gasteiger partial charge in [0.15, 0.2) is 5.70 Å². The summed E-state index contributed by atoms with van der Waals surface area (Å²) < 4.78 is 20.9. The molecule has 6 nitrogen and oxygen atoms in total. The number of nitrogens with zero attached hydrogens (tertiary/aromatic N) is 1. The molecule has 128 valence electrons. The van der Waals surface area contributed by atoms with Crippen LogP contribution in [0.4, 0.5) is 0 Å². The van der Waals surface area contributed by atoms with Gasteiger partial charge in [0, 0.05) is 11.6 Å². The molecule has 0 unspecified atom stereocenters. The average Bonchev–Trinajstić information content (AvgIpc) is 3.02. The van der Waals surface area contributed by atoms with Crippen LogP contribution in [0.25, 0.3) is 6.08 Å². The van der Waals surface area contributed by atoms with Crippen molar-refractivity contribution in [2.24, 2.45) is 4.99 Å². The molecule has 2 aromatic carbocycles. The molecule has 0 N–H and O–H groups in total. The molecule has 0 aromatic heterocycles. The van der Waals surface area contributed by atoms with E-state index in [0.717, 1.165) is 11.3 Å². The van der Waals surface area contributed by atoms with Gasteiger partial charge in [0.1, 0.15) is 17.2 Å². The third kappa shape index (κ3) is 3.63. The lowest BCUT2D eigenvalue weighted by atomic mass is 10.2. The second-order valence-corrected chi connectivity index (χ2v) is 5.21. The van der Waals surface area contributed by atoms with Crippen molar-refractivity contribution in [3.05, 3.63) is 59.3 Å². The van der Waals surface area contributed by atoms with E-state index in [0.29, 0.717) is 17.1 Å². The molecule has 3 rings (SSSR count). The zero-order valence-electron chi connectivity index (χ0n) is 14.1. The molecule has 2 aromatic rings. The Bertz CT molecular complexity index is 830. The number of carbonyl (C=O) groups is 1. The number of rotatable bonds is 5. The van der Waals surface area contributed by atoms with Crippen LogP contribution in [-0.4, -0.2) is 33.2 Å². The molecular formula is C19H17NO5. The van der Waals surface area contributed by atoms with Crippen LogP contribution in [0.5, 0.6) is 17.2 Å². The molecule has 0 saturated heterocycles. The lowest BCUT2D eigenvalue weighted by Crippen LogP contribution is -2.06. The highest BCUT2D eigenvalue weighted by atomic mass is 16.6. The fraction of sp³-hybridized carbons (Fsp3) is 0.158. The SMILES string of the molecule is COc1ccc(C=C2N=C(c3cc(OC)cc(OC)c3)OC2=O)cc1. The van der Waals surface area contributed by atoms with E-state index in [1.807, 2.05) is 24.3 Å². The first-order valence-electron chi connectivity index (χ1n) is 7.53. The van der Waals surface area contributed by atoms with E-state index in [9.17, 15) is 4.79 Å². The maximum Gasteiger partial charge on any atom is 0.363 e.